The Morgan fingerprint density at radius 3 is 2.67 bits per heavy atom. The van der Waals surface area contributed by atoms with Gasteiger partial charge in [0, 0.05) is 12.1 Å². The van der Waals surface area contributed by atoms with Crippen LogP contribution < -0.4 is 4.72 Å². The van der Waals surface area contributed by atoms with Crippen molar-refractivity contribution in [2.45, 2.75) is 18.4 Å². The molecule has 7 heteroatoms. The highest BCUT2D eigenvalue weighted by atomic mass is 35.5. The number of benzene rings is 1. The summed E-state index contributed by atoms with van der Waals surface area (Å²) >= 11 is 5.96. The zero-order valence-electron chi connectivity index (χ0n) is 11.6. The van der Waals surface area contributed by atoms with Crippen LogP contribution in [0, 0.1) is 6.92 Å². The molecule has 0 unspecified atom stereocenters. The molecule has 1 aromatic carbocycles. The van der Waals surface area contributed by atoms with Crippen molar-refractivity contribution >= 4 is 27.4 Å². The van der Waals surface area contributed by atoms with Gasteiger partial charge in [-0.25, -0.2) is 13.4 Å². The molecular weight excluding hydrogens is 312 g/mol. The van der Waals surface area contributed by atoms with Gasteiger partial charge >= 0.3 is 0 Å². The molecule has 1 heterocycles. The first kappa shape index (κ1) is 15.8. The van der Waals surface area contributed by atoms with E-state index in [-0.39, 0.29) is 10.7 Å². The average Bonchev–Trinajstić information content (AvgIpc) is 2.42. The van der Waals surface area contributed by atoms with Gasteiger partial charge in [0.15, 0.2) is 0 Å². The van der Waals surface area contributed by atoms with Crippen LogP contribution in [0.15, 0.2) is 41.3 Å². The van der Waals surface area contributed by atoms with Crippen LogP contribution in [0.25, 0.3) is 0 Å². The molecule has 0 saturated carbocycles. The Kier molecular flexibility index (Phi) is 4.82. The maximum Gasteiger partial charge on any atom is 0.263 e. The van der Waals surface area contributed by atoms with Crippen LogP contribution in [0.2, 0.25) is 5.02 Å². The Hall–Kier alpha value is -1.63. The molecule has 0 saturated heterocycles. The van der Waals surface area contributed by atoms with Gasteiger partial charge in [-0.05, 0) is 36.8 Å². The summed E-state index contributed by atoms with van der Waals surface area (Å²) in [6.07, 6.45) is 0. The molecule has 1 N–H and O–H groups in total. The second-order valence-corrected chi connectivity index (χ2v) is 6.47. The summed E-state index contributed by atoms with van der Waals surface area (Å²) in [6.45, 7) is 1.97. The number of hydrogen-bond donors (Lipinski definition) is 1. The number of nitrogens with one attached hydrogen (secondary N) is 1. The monoisotopic (exact) mass is 326 g/mol. The van der Waals surface area contributed by atoms with Crippen molar-refractivity contribution in [3.63, 3.8) is 0 Å². The largest absolute Gasteiger partial charge is 0.378 e. The van der Waals surface area contributed by atoms with Crippen molar-refractivity contribution in [1.29, 1.82) is 0 Å². The molecule has 5 nitrogen and oxygen atoms in total. The van der Waals surface area contributed by atoms with Gasteiger partial charge in [0.05, 0.1) is 17.2 Å². The van der Waals surface area contributed by atoms with Crippen molar-refractivity contribution < 1.29 is 13.2 Å². The van der Waals surface area contributed by atoms with E-state index in [2.05, 4.69) is 9.71 Å². The number of rotatable bonds is 5. The van der Waals surface area contributed by atoms with Gasteiger partial charge in [0.25, 0.3) is 10.0 Å². The quantitative estimate of drug-likeness (QED) is 0.917. The first-order valence-corrected chi connectivity index (χ1v) is 8.03. The molecule has 0 aliphatic heterocycles. The Bertz CT molecular complexity index is 748. The predicted octanol–water partition coefficient (Wildman–Crippen LogP) is 2.99. The van der Waals surface area contributed by atoms with Gasteiger partial charge in [-0.3, -0.25) is 4.72 Å². The molecule has 0 amide bonds. The van der Waals surface area contributed by atoms with Gasteiger partial charge in [-0.2, -0.15) is 0 Å². The summed E-state index contributed by atoms with van der Waals surface area (Å²) in [5.74, 6) is 0.240. The summed E-state index contributed by atoms with van der Waals surface area (Å²) < 4.78 is 32.2. The normalized spacial score (nSPS) is 11.4. The molecule has 0 spiro atoms. The number of anilines is 1. The van der Waals surface area contributed by atoms with E-state index in [1.807, 2.05) is 0 Å². The molecule has 2 aromatic rings. The molecule has 0 aliphatic carbocycles. The van der Waals surface area contributed by atoms with Gasteiger partial charge in [0.1, 0.15) is 5.82 Å². The zero-order chi connectivity index (χ0) is 15.5. The second-order valence-electron chi connectivity index (χ2n) is 4.42. The molecular formula is C14H15ClN2O3S. The van der Waals surface area contributed by atoms with Gasteiger partial charge in [-0.1, -0.05) is 23.7 Å². The SMILES string of the molecule is COCc1cccc(NS(=O)(=O)c2cccc(Cl)c2C)n1. The van der Waals surface area contributed by atoms with Crippen LogP contribution in [0.4, 0.5) is 5.82 Å². The van der Waals surface area contributed by atoms with Gasteiger partial charge in [0.2, 0.25) is 0 Å². The van der Waals surface area contributed by atoms with E-state index < -0.39 is 10.0 Å². The number of methoxy groups -OCH3 is 1. The molecule has 112 valence electrons. The van der Waals surface area contributed by atoms with E-state index in [1.165, 1.54) is 6.07 Å². The highest BCUT2D eigenvalue weighted by molar-refractivity contribution is 7.92. The number of pyridine rings is 1. The van der Waals surface area contributed by atoms with E-state index in [0.29, 0.717) is 22.9 Å². The van der Waals surface area contributed by atoms with E-state index in [1.54, 1.807) is 44.4 Å². The third-order valence-electron chi connectivity index (χ3n) is 2.85. The standard InChI is InChI=1S/C14H15ClN2O3S/c1-10-12(15)6-4-7-13(10)21(18,19)17-14-8-3-5-11(16-14)9-20-2/h3-8H,9H2,1-2H3,(H,16,17). The lowest BCUT2D eigenvalue weighted by atomic mass is 10.2. The molecule has 0 radical (unpaired) electrons. The Balaban J connectivity index is 2.33. The topological polar surface area (TPSA) is 68.3 Å². The number of halogens is 1. The Labute approximate surface area is 129 Å². The number of nitrogens with zero attached hydrogens (tertiary/aromatic N) is 1. The van der Waals surface area contributed by atoms with E-state index in [4.69, 9.17) is 16.3 Å². The van der Waals surface area contributed by atoms with Crippen LogP contribution in [0.3, 0.4) is 0 Å². The first-order chi connectivity index (χ1) is 9.94. The molecule has 0 aliphatic rings. The predicted molar refractivity (Wildman–Crippen MR) is 81.9 cm³/mol. The van der Waals surface area contributed by atoms with Crippen LogP contribution in [-0.4, -0.2) is 20.5 Å². The highest BCUT2D eigenvalue weighted by Gasteiger charge is 2.18. The summed E-state index contributed by atoms with van der Waals surface area (Å²) in [5, 5.41) is 0.402. The summed E-state index contributed by atoms with van der Waals surface area (Å²) in [7, 11) is -2.19. The third-order valence-corrected chi connectivity index (χ3v) is 4.75. The molecule has 21 heavy (non-hydrogen) atoms. The van der Waals surface area contributed by atoms with E-state index >= 15 is 0 Å². The lowest BCUT2D eigenvalue weighted by Gasteiger charge is -2.11. The minimum atomic E-state index is -3.74. The Morgan fingerprint density at radius 2 is 1.95 bits per heavy atom. The van der Waals surface area contributed by atoms with E-state index in [0.717, 1.165) is 0 Å². The molecule has 0 atom stereocenters. The van der Waals surface area contributed by atoms with Crippen LogP contribution >= 0.6 is 11.6 Å². The minimum Gasteiger partial charge on any atom is -0.378 e. The second kappa shape index (κ2) is 6.43. The lowest BCUT2D eigenvalue weighted by molar-refractivity contribution is 0.181. The van der Waals surface area contributed by atoms with Crippen molar-refractivity contribution in [2.75, 3.05) is 11.8 Å². The first-order valence-electron chi connectivity index (χ1n) is 6.17. The minimum absolute atomic E-state index is 0.133. The maximum absolute atomic E-state index is 12.4. The number of ether oxygens (including phenoxy) is 1. The summed E-state index contributed by atoms with van der Waals surface area (Å²) in [6, 6.07) is 9.79. The highest BCUT2D eigenvalue weighted by Crippen LogP contribution is 2.24. The summed E-state index contributed by atoms with van der Waals surface area (Å²) in [4.78, 5) is 4.31. The number of aromatic nitrogens is 1. The van der Waals surface area contributed by atoms with Crippen LogP contribution in [-0.2, 0) is 21.4 Å². The fourth-order valence-electron chi connectivity index (χ4n) is 1.84. The average molecular weight is 327 g/mol. The fraction of sp³-hybridized carbons (Fsp3) is 0.214. The number of hydrogen-bond acceptors (Lipinski definition) is 4. The van der Waals surface area contributed by atoms with Crippen molar-refractivity contribution in [1.82, 2.24) is 4.98 Å². The van der Waals surface area contributed by atoms with Gasteiger partial charge in [-0.15, -0.1) is 0 Å². The molecule has 0 fully saturated rings. The van der Waals surface area contributed by atoms with Crippen molar-refractivity contribution in [3.05, 3.63) is 52.7 Å². The smallest absolute Gasteiger partial charge is 0.263 e. The Morgan fingerprint density at radius 1 is 1.24 bits per heavy atom. The number of sulfonamides is 1. The third kappa shape index (κ3) is 3.72. The van der Waals surface area contributed by atoms with Crippen LogP contribution in [0.5, 0.6) is 0 Å². The van der Waals surface area contributed by atoms with Crippen molar-refractivity contribution in [2.24, 2.45) is 0 Å². The fourth-order valence-corrected chi connectivity index (χ4v) is 3.34. The molecule has 0 bridgehead atoms. The molecule has 2 rings (SSSR count). The zero-order valence-corrected chi connectivity index (χ0v) is 13.2. The summed E-state index contributed by atoms with van der Waals surface area (Å²) in [5.41, 5.74) is 1.14. The van der Waals surface area contributed by atoms with Gasteiger partial charge < -0.3 is 4.74 Å². The van der Waals surface area contributed by atoms with Crippen LogP contribution in [0.1, 0.15) is 11.3 Å². The van der Waals surface area contributed by atoms with E-state index in [9.17, 15) is 8.42 Å². The van der Waals surface area contributed by atoms with Crippen molar-refractivity contribution in [3.8, 4) is 0 Å². The molecule has 1 aromatic heterocycles. The lowest BCUT2D eigenvalue weighted by Crippen LogP contribution is -2.15. The maximum atomic E-state index is 12.4.